The van der Waals surface area contributed by atoms with Crippen LogP contribution in [0.4, 0.5) is 9.59 Å². The number of carboxylic acid groups (broad SMARTS) is 1. The third kappa shape index (κ3) is 41.3. The zero-order valence-corrected chi connectivity index (χ0v) is 75.0. The number of aliphatic hydroxyl groups is 10. The second kappa shape index (κ2) is 64.1. The zero-order valence-electron chi connectivity index (χ0n) is 72.4. The number of nitrogens with one attached hydrogen (secondary N) is 1. The van der Waals surface area contributed by atoms with E-state index in [-0.39, 0.29) is 130 Å². The van der Waals surface area contributed by atoms with Gasteiger partial charge in [-0.3, -0.25) is 4.79 Å². The van der Waals surface area contributed by atoms with Gasteiger partial charge < -0.3 is 125 Å². The fourth-order valence-electron chi connectivity index (χ4n) is 13.7. The van der Waals surface area contributed by atoms with Crippen LogP contribution in [0.1, 0.15) is 168 Å². The molecule has 8 unspecified atom stereocenters. The predicted molar refractivity (Wildman–Crippen MR) is 456 cm³/mol. The van der Waals surface area contributed by atoms with Gasteiger partial charge in [-0.25, -0.2) is 19.2 Å². The average molecular weight is 1810 g/mol. The van der Waals surface area contributed by atoms with E-state index in [0.717, 1.165) is 94.4 Å². The van der Waals surface area contributed by atoms with Crippen molar-refractivity contribution in [2.45, 2.75) is 274 Å². The van der Waals surface area contributed by atoms with Gasteiger partial charge >= 0.3 is 159 Å². The van der Waals surface area contributed by atoms with E-state index < -0.39 is 116 Å². The molecule has 0 saturated carbocycles. The summed E-state index contributed by atoms with van der Waals surface area (Å²) in [7, 11) is 2.52. The summed E-state index contributed by atoms with van der Waals surface area (Å²) in [5, 5.41) is 106. The molecule has 16 N–H and O–H groups in total. The van der Waals surface area contributed by atoms with Crippen LogP contribution in [0.3, 0.4) is 0 Å². The van der Waals surface area contributed by atoms with Crippen molar-refractivity contribution in [1.29, 1.82) is 0 Å². The van der Waals surface area contributed by atoms with Crippen molar-refractivity contribution < 1.29 is 184 Å². The van der Waals surface area contributed by atoms with E-state index in [1.54, 1.807) is 11.8 Å². The fraction of sp³-hybridized carbons (Fsp3) is 0.714. The maximum absolute atomic E-state index is 13.0. The number of nitrogens with two attached hydrogens (primary N) is 2. The summed E-state index contributed by atoms with van der Waals surface area (Å²) < 4.78 is 76.5. The number of ether oxygens (including phenoxy) is 12. The molecule has 4 heterocycles. The SMILES string of the molecule is CC[C@H](C)C1OC(S)C(OC(C)=O)[C@@H](C)[C@@H]1P[B]B=O.COC(=O)[C@@]1(OCCCCCN(Cc2ccccc2)C(=O)OCc2ccccc2)C[C@@H](C)[C@@H](C)C([C@H](C)COC(C)=O)O1.NCCCCCO[C@H]1OC([C@@H](O)CO)[C@@H](O)[C@H](O)C1O.NCCCCCO[C@]1(C(=O)O)C[C@@H](O)[C@@H](O)C([C@H](O)CO)O1.O=C(NCCCCCO)OCc1ccccc1.[Ar]. The van der Waals surface area contributed by atoms with E-state index >= 15 is 0 Å². The van der Waals surface area contributed by atoms with Crippen molar-refractivity contribution in [2.24, 2.45) is 41.1 Å². The van der Waals surface area contributed by atoms with Crippen LogP contribution in [0, 0.1) is 67.3 Å². The molecule has 3 aromatic rings. The third-order valence-corrected chi connectivity index (χ3v) is 23.1. The van der Waals surface area contributed by atoms with E-state index in [4.69, 9.17) is 83.6 Å². The molecular weight excluding hydrogens is 1670 g/mol. The number of methoxy groups -OCH3 is 1. The van der Waals surface area contributed by atoms with Crippen LogP contribution in [0.15, 0.2) is 91.0 Å². The number of thiol groups is 1. The van der Waals surface area contributed by atoms with Gasteiger partial charge in [-0.1, -0.05) is 112 Å². The summed E-state index contributed by atoms with van der Waals surface area (Å²) in [6.45, 7) is 19.7. The van der Waals surface area contributed by atoms with Gasteiger partial charge in [-0.05, 0) is 119 Å². The summed E-state index contributed by atoms with van der Waals surface area (Å²) in [4.78, 5) is 73.1. The fourth-order valence-corrected chi connectivity index (χ4v) is 15.6. The quantitative estimate of drug-likeness (QED) is 0.00866. The number of hydrogen-bond acceptors (Lipinski definition) is 32. The topological polar surface area (TPSA) is 520 Å². The molecule has 4 fully saturated rings. The van der Waals surface area contributed by atoms with Crippen molar-refractivity contribution in [3.05, 3.63) is 108 Å². The number of carboxylic acids is 1. The number of nitrogens with zero attached hydrogens (tertiary/aromatic N) is 1. The van der Waals surface area contributed by atoms with Crippen LogP contribution in [-0.2, 0) is 100 Å². The number of rotatable bonds is 45. The van der Waals surface area contributed by atoms with Crippen molar-refractivity contribution in [3.8, 4) is 0 Å². The van der Waals surface area contributed by atoms with Crippen molar-refractivity contribution >= 4 is 71.1 Å². The Morgan fingerprint density at radius 3 is 1.69 bits per heavy atom. The number of aliphatic carboxylic acids is 1. The van der Waals surface area contributed by atoms with Gasteiger partial charge in [0.15, 0.2) is 6.29 Å². The second-order valence-corrected chi connectivity index (χ2v) is 32.7. The first-order valence-corrected chi connectivity index (χ1v) is 43.8. The summed E-state index contributed by atoms with van der Waals surface area (Å²) >= 11 is 4.44. The summed E-state index contributed by atoms with van der Waals surface area (Å²) in [5.74, 6) is -5.79. The Balaban J connectivity index is 0.000000549. The number of aliphatic hydroxyl groups excluding tert-OH is 10. The minimum atomic E-state index is -2.16. The number of alkyl carbamates (subject to hydrolysis) is 1. The third-order valence-electron chi connectivity index (χ3n) is 21.1. The van der Waals surface area contributed by atoms with Crippen molar-refractivity contribution in [2.75, 3.05) is 79.5 Å². The molecule has 4 aliphatic heterocycles. The molecule has 1 radical (unpaired) electrons. The molecule has 3 aromatic carbocycles. The minimum absolute atomic E-state index is 0. The maximum Gasteiger partial charge on any atom is 0.410 e. The molecule has 0 aromatic heterocycles. The Morgan fingerprint density at radius 1 is 0.626 bits per heavy atom. The summed E-state index contributed by atoms with van der Waals surface area (Å²) in [5.41, 5.74) is 13.4. The molecule has 23 atom stereocenters. The molecule has 4 saturated heterocycles. The largest absolute Gasteiger partial charge is 0.477 e. The molecule has 0 spiro atoms. The van der Waals surface area contributed by atoms with Gasteiger partial charge in [-0.2, -0.15) is 0 Å². The number of carbonyl (C=O) groups excluding carboxylic acids is 5. The molecule has 2 amide bonds. The zero-order chi connectivity index (χ0) is 90.7. The minimum Gasteiger partial charge on any atom is -0.477 e. The molecule has 0 aliphatic carbocycles. The molecule has 123 heavy (non-hydrogen) atoms. The van der Waals surface area contributed by atoms with Crippen LogP contribution in [0.2, 0.25) is 0 Å². The van der Waals surface area contributed by atoms with Gasteiger partial charge in [0, 0.05) is 96.3 Å². The maximum atomic E-state index is 13.0. The Bertz CT molecular complexity index is 3370. The Hall–Kier alpha value is -4.71. The molecule has 4 aliphatic rings. The normalized spacial score (nSPS) is 26.8. The monoisotopic (exact) mass is 1810 g/mol. The molecule has 39 heteroatoms. The van der Waals surface area contributed by atoms with Crippen molar-refractivity contribution in [3.63, 3.8) is 0 Å². The Kier molecular flexibility index (Phi) is 59.6. The van der Waals surface area contributed by atoms with Gasteiger partial charge in [0.25, 0.3) is 11.6 Å². The standard InChI is InChI=1S/C34H47NO8.C13H25NO8.C13H19NO3.C12H22B2O4PS.C12H25NO7.Ar/c1-25-21-34(32(37)39-5,43-31(27(25)3)26(2)23-40-28(4)36)42-20-14-8-13-19-35(22-29-15-9-6-10-16-29)33(38)41-24-30-17-11-7-12-18-30;14-4-2-1-3-5-21-13(12(19)20)6-8(16)10(18)11(22-13)9(17)7-15;15-10-6-2-5-9-14-13(16)17-11-12-7-3-1-4-8-12;1-5-6(2)9-11(19-14-13-16)7(3)10(12(20)18-9)17-8(4)15;13-4-2-1-3-5-19-12-10(18)8(16)9(17)11(20-12)7(15)6-14;/h6-7,9-12,15-18,25-27,31H,8,13-14,19-24H2,1-5H3;8-11,15-18H,1-7,14H2,(H,19,20);1,3-4,7-8,15H,2,5-6,9-11H2,(H,14,16);6-7,9-12,19-20H,5H2,1-4H3;7-12,14-18H,1-6,13H2;/t25-,26-,27-,31?,34-;8-,9-,10-,11?,13-;;6-,7+,9?,10?,11-,12?;7-,8-,9-,10?,11?,12-;/m11.00./s1. The molecule has 7 rings (SSSR count). The first kappa shape index (κ1) is 114. The van der Waals surface area contributed by atoms with Gasteiger partial charge in [0.2, 0.25) is 0 Å². The van der Waals surface area contributed by atoms with E-state index in [2.05, 4.69) is 45.6 Å². The summed E-state index contributed by atoms with van der Waals surface area (Å²) in [6, 6.07) is 29.0. The first-order valence-electron chi connectivity index (χ1n) is 42.1. The number of unbranched alkanes of at least 4 members (excludes halogenated alkanes) is 8. The van der Waals surface area contributed by atoms with E-state index in [9.17, 15) is 74.3 Å². The summed E-state index contributed by atoms with van der Waals surface area (Å²) in [6.07, 6.45) is -5.42. The molecular formula is C84H138ArB2N4O30PS. The Labute approximate surface area is 762 Å². The molecule has 699 valence electrons. The number of esters is 3. The molecule has 0 bridgehead atoms. The van der Waals surface area contributed by atoms with Gasteiger partial charge in [0.1, 0.15) is 62.0 Å². The van der Waals surface area contributed by atoms with Gasteiger partial charge in [-0.15, -0.1) is 0 Å². The Morgan fingerprint density at radius 2 is 1.16 bits per heavy atom. The van der Waals surface area contributed by atoms with Crippen LogP contribution < -0.4 is 16.8 Å². The van der Waals surface area contributed by atoms with E-state index in [0.29, 0.717) is 86.2 Å². The van der Waals surface area contributed by atoms with Crippen LogP contribution >= 0.6 is 21.1 Å². The smallest absolute Gasteiger partial charge is 0.410 e. The number of amides is 2. The first-order chi connectivity index (χ1) is 58.3. The predicted octanol–water partition coefficient (Wildman–Crippen LogP) is 5.17. The average Bonchev–Trinajstić information content (AvgIpc) is 0.780. The van der Waals surface area contributed by atoms with Gasteiger partial charge in [0.05, 0.1) is 52.4 Å². The number of hydrogen-bond donors (Lipinski definition) is 15. The van der Waals surface area contributed by atoms with E-state index in [1.165, 1.54) is 21.0 Å². The van der Waals surface area contributed by atoms with Crippen LogP contribution in [0.5, 0.6) is 0 Å². The molecule has 34 nitrogen and oxygen atoms in total. The van der Waals surface area contributed by atoms with Crippen LogP contribution in [0.25, 0.3) is 0 Å². The number of benzene rings is 3. The second-order valence-electron chi connectivity index (χ2n) is 30.8. The van der Waals surface area contributed by atoms with Crippen LogP contribution in [-0.4, -0.2) is 293 Å². The number of carbonyl (C=O) groups is 6. The van der Waals surface area contributed by atoms with Crippen molar-refractivity contribution in [1.82, 2.24) is 10.2 Å². The van der Waals surface area contributed by atoms with E-state index in [1.807, 2.05) is 105 Å².